The lowest BCUT2D eigenvalue weighted by atomic mass is 10.0. The number of hydrogen-bond acceptors (Lipinski definition) is 2. The summed E-state index contributed by atoms with van der Waals surface area (Å²) < 4.78 is 0.492. The van der Waals surface area contributed by atoms with Gasteiger partial charge in [-0.25, -0.2) is 0 Å². The first-order valence-electron chi connectivity index (χ1n) is 7.09. The van der Waals surface area contributed by atoms with E-state index in [9.17, 15) is 9.90 Å². The highest BCUT2D eigenvalue weighted by atomic mass is 16.3. The van der Waals surface area contributed by atoms with Crippen molar-refractivity contribution in [3.05, 3.63) is 71.3 Å². The van der Waals surface area contributed by atoms with E-state index in [2.05, 4.69) is 0 Å². The molecule has 0 spiro atoms. The first-order chi connectivity index (χ1) is 9.90. The Labute approximate surface area is 126 Å². The molecule has 2 aromatic rings. The minimum absolute atomic E-state index is 0.0337. The van der Waals surface area contributed by atoms with Gasteiger partial charge < -0.3 is 9.59 Å². The van der Waals surface area contributed by atoms with Crippen molar-refractivity contribution in [3.63, 3.8) is 0 Å². The fraction of sp³-hybridized carbons (Fsp3) is 0.278. The summed E-state index contributed by atoms with van der Waals surface area (Å²) in [6, 6.07) is 16.9. The second-order valence-electron chi connectivity index (χ2n) is 5.96. The number of carbonyl (C=O) groups excluding carboxylic acids is 1. The van der Waals surface area contributed by atoms with Crippen molar-refractivity contribution in [1.29, 1.82) is 0 Å². The van der Waals surface area contributed by atoms with Gasteiger partial charge in [0.2, 0.25) is 0 Å². The fourth-order valence-corrected chi connectivity index (χ4v) is 2.12. The molecule has 0 bridgehead atoms. The van der Waals surface area contributed by atoms with Crippen molar-refractivity contribution < 1.29 is 14.4 Å². The van der Waals surface area contributed by atoms with E-state index >= 15 is 0 Å². The van der Waals surface area contributed by atoms with Crippen LogP contribution in [0.2, 0.25) is 0 Å². The molecular formula is C18H22NO2+. The van der Waals surface area contributed by atoms with Crippen molar-refractivity contribution in [2.24, 2.45) is 0 Å². The average Bonchev–Trinajstić information content (AvgIpc) is 2.48. The van der Waals surface area contributed by atoms with Crippen LogP contribution < -0.4 is 0 Å². The molecule has 2 rings (SSSR count). The Balaban J connectivity index is 2.14. The standard InChI is InChI=1S/C18H22NO2/c1-14(20)19(2,3)13-15-9-11-17(12-10-15)18(21)16-7-5-4-6-8-16/h4-12,14,20H,13H2,1-3H3/q+1. The predicted octanol–water partition coefficient (Wildman–Crippen LogP) is 2.83. The minimum atomic E-state index is -0.435. The van der Waals surface area contributed by atoms with Crippen LogP contribution >= 0.6 is 0 Å². The molecule has 0 aliphatic rings. The maximum Gasteiger partial charge on any atom is 0.193 e. The predicted molar refractivity (Wildman–Crippen MR) is 83.8 cm³/mol. The van der Waals surface area contributed by atoms with Gasteiger partial charge in [-0.2, -0.15) is 0 Å². The Bertz CT molecular complexity index is 601. The van der Waals surface area contributed by atoms with Gasteiger partial charge in [0, 0.05) is 23.6 Å². The molecule has 2 aromatic carbocycles. The smallest absolute Gasteiger partial charge is 0.193 e. The zero-order chi connectivity index (χ0) is 15.5. The summed E-state index contributed by atoms with van der Waals surface area (Å²) in [7, 11) is 3.96. The molecular weight excluding hydrogens is 262 g/mol. The van der Waals surface area contributed by atoms with E-state index in [1.165, 1.54) is 0 Å². The van der Waals surface area contributed by atoms with Gasteiger partial charge >= 0.3 is 0 Å². The van der Waals surface area contributed by atoms with Crippen LogP contribution in [0.15, 0.2) is 54.6 Å². The Hall–Kier alpha value is -1.97. The van der Waals surface area contributed by atoms with Crippen LogP contribution in [-0.4, -0.2) is 35.7 Å². The van der Waals surface area contributed by atoms with Gasteiger partial charge in [-0.1, -0.05) is 54.6 Å². The number of benzene rings is 2. The fourth-order valence-electron chi connectivity index (χ4n) is 2.12. The summed E-state index contributed by atoms with van der Waals surface area (Å²) >= 11 is 0. The number of rotatable bonds is 5. The molecule has 110 valence electrons. The van der Waals surface area contributed by atoms with Crippen molar-refractivity contribution in [2.45, 2.75) is 19.7 Å². The van der Waals surface area contributed by atoms with E-state index in [4.69, 9.17) is 0 Å². The molecule has 0 fully saturated rings. The number of nitrogens with zero attached hydrogens (tertiary/aromatic N) is 1. The molecule has 0 amide bonds. The summed E-state index contributed by atoms with van der Waals surface area (Å²) in [4.78, 5) is 12.3. The van der Waals surface area contributed by atoms with Crippen LogP contribution in [0.5, 0.6) is 0 Å². The average molecular weight is 284 g/mol. The molecule has 0 aliphatic carbocycles. The van der Waals surface area contributed by atoms with Crippen LogP contribution in [0, 0.1) is 0 Å². The number of aliphatic hydroxyl groups excluding tert-OH is 1. The van der Waals surface area contributed by atoms with E-state index < -0.39 is 6.23 Å². The largest absolute Gasteiger partial charge is 0.345 e. The van der Waals surface area contributed by atoms with Gasteiger partial charge in [0.25, 0.3) is 0 Å². The molecule has 1 atom stereocenters. The summed E-state index contributed by atoms with van der Waals surface area (Å²) in [6.07, 6.45) is -0.435. The van der Waals surface area contributed by atoms with Crippen LogP contribution in [0.4, 0.5) is 0 Å². The third-order valence-corrected chi connectivity index (χ3v) is 3.85. The van der Waals surface area contributed by atoms with E-state index in [0.29, 0.717) is 15.6 Å². The molecule has 0 radical (unpaired) electrons. The highest BCUT2D eigenvalue weighted by molar-refractivity contribution is 6.08. The molecule has 0 aliphatic heterocycles. The van der Waals surface area contributed by atoms with Gasteiger partial charge in [-0.3, -0.25) is 4.79 Å². The van der Waals surface area contributed by atoms with E-state index in [-0.39, 0.29) is 5.78 Å². The number of aliphatic hydroxyl groups is 1. The Morgan fingerprint density at radius 1 is 1.00 bits per heavy atom. The third-order valence-electron chi connectivity index (χ3n) is 3.85. The number of hydrogen-bond donors (Lipinski definition) is 1. The van der Waals surface area contributed by atoms with Gasteiger partial charge in [-0.05, 0) is 0 Å². The van der Waals surface area contributed by atoms with E-state index in [1.807, 2.05) is 68.7 Å². The molecule has 0 heterocycles. The topological polar surface area (TPSA) is 37.3 Å². The second kappa shape index (κ2) is 6.20. The molecule has 0 saturated heterocycles. The molecule has 1 N–H and O–H groups in total. The molecule has 0 aromatic heterocycles. The van der Waals surface area contributed by atoms with Crippen molar-refractivity contribution in [2.75, 3.05) is 14.1 Å². The van der Waals surface area contributed by atoms with Crippen molar-refractivity contribution >= 4 is 5.78 Å². The Morgan fingerprint density at radius 3 is 2.05 bits per heavy atom. The second-order valence-corrected chi connectivity index (χ2v) is 5.96. The quantitative estimate of drug-likeness (QED) is 0.521. The van der Waals surface area contributed by atoms with Crippen LogP contribution in [-0.2, 0) is 6.54 Å². The Morgan fingerprint density at radius 2 is 1.52 bits per heavy atom. The van der Waals surface area contributed by atoms with Crippen LogP contribution in [0.3, 0.4) is 0 Å². The van der Waals surface area contributed by atoms with Crippen LogP contribution in [0.25, 0.3) is 0 Å². The summed E-state index contributed by atoms with van der Waals surface area (Å²) in [5.41, 5.74) is 2.49. The molecule has 21 heavy (non-hydrogen) atoms. The zero-order valence-corrected chi connectivity index (χ0v) is 12.8. The third kappa shape index (κ3) is 3.78. The molecule has 0 saturated carbocycles. The van der Waals surface area contributed by atoms with Crippen LogP contribution in [0.1, 0.15) is 28.4 Å². The van der Waals surface area contributed by atoms with E-state index in [0.717, 1.165) is 12.1 Å². The maximum absolute atomic E-state index is 12.3. The normalized spacial score (nSPS) is 13.0. The minimum Gasteiger partial charge on any atom is -0.345 e. The van der Waals surface area contributed by atoms with Gasteiger partial charge in [0.15, 0.2) is 12.0 Å². The lowest BCUT2D eigenvalue weighted by Gasteiger charge is -2.32. The number of ketones is 1. The van der Waals surface area contributed by atoms with Crippen molar-refractivity contribution in [3.8, 4) is 0 Å². The monoisotopic (exact) mass is 284 g/mol. The summed E-state index contributed by atoms with van der Waals surface area (Å²) in [6.45, 7) is 2.50. The Kier molecular flexibility index (Phi) is 4.56. The summed E-state index contributed by atoms with van der Waals surface area (Å²) in [5.74, 6) is 0.0337. The molecule has 1 unspecified atom stereocenters. The number of quaternary nitrogens is 1. The van der Waals surface area contributed by atoms with E-state index in [1.54, 1.807) is 6.92 Å². The first kappa shape index (κ1) is 15.4. The van der Waals surface area contributed by atoms with Gasteiger partial charge in [-0.15, -0.1) is 0 Å². The first-order valence-corrected chi connectivity index (χ1v) is 7.09. The molecule has 3 heteroatoms. The SMILES string of the molecule is CC(O)[N+](C)(C)Cc1ccc(C(=O)c2ccccc2)cc1. The molecule has 3 nitrogen and oxygen atoms in total. The van der Waals surface area contributed by atoms with Crippen molar-refractivity contribution in [1.82, 2.24) is 0 Å². The lowest BCUT2D eigenvalue weighted by Crippen LogP contribution is -2.46. The lowest BCUT2D eigenvalue weighted by molar-refractivity contribution is -0.946. The van der Waals surface area contributed by atoms with Gasteiger partial charge in [0.1, 0.15) is 6.54 Å². The zero-order valence-electron chi connectivity index (χ0n) is 12.8. The van der Waals surface area contributed by atoms with Gasteiger partial charge in [0.05, 0.1) is 14.1 Å². The highest BCUT2D eigenvalue weighted by Crippen LogP contribution is 2.15. The maximum atomic E-state index is 12.3. The highest BCUT2D eigenvalue weighted by Gasteiger charge is 2.21. The summed E-state index contributed by atoms with van der Waals surface area (Å²) in [5, 5.41) is 9.75. The number of carbonyl (C=O) groups is 1.